The van der Waals surface area contributed by atoms with Crippen LogP contribution in [0, 0.1) is 17.8 Å². The molecule has 2 fully saturated rings. The van der Waals surface area contributed by atoms with Crippen molar-refractivity contribution >= 4 is 11.9 Å². The molecule has 1 saturated carbocycles. The molecule has 5 nitrogen and oxygen atoms in total. The van der Waals surface area contributed by atoms with Gasteiger partial charge in [0.05, 0.1) is 17.9 Å². The predicted molar refractivity (Wildman–Crippen MR) is 58.2 cm³/mol. The van der Waals surface area contributed by atoms with Gasteiger partial charge in [-0.3, -0.25) is 9.59 Å². The van der Waals surface area contributed by atoms with Gasteiger partial charge in [-0.2, -0.15) is 0 Å². The Morgan fingerprint density at radius 1 is 1.53 bits per heavy atom. The minimum absolute atomic E-state index is 0.159. The summed E-state index contributed by atoms with van der Waals surface area (Å²) in [5, 5.41) is 9.81. The molecular weight excluding hydrogens is 262 g/mol. The van der Waals surface area contributed by atoms with E-state index in [0.717, 1.165) is 0 Å². The van der Waals surface area contributed by atoms with Gasteiger partial charge in [-0.15, -0.1) is 0 Å². The SMILES string of the molecule is CC(F)(F)COC(=O)C1C2CCC1C(O)COC2=O. The van der Waals surface area contributed by atoms with E-state index >= 15 is 0 Å². The maximum Gasteiger partial charge on any atom is 0.310 e. The zero-order valence-corrected chi connectivity index (χ0v) is 10.5. The fourth-order valence-electron chi connectivity index (χ4n) is 2.76. The number of cyclic esters (lactones) is 1. The highest BCUT2D eigenvalue weighted by Gasteiger charge is 2.51. The Bertz CT molecular complexity index is 379. The number of carbonyl (C=O) groups is 2. The number of carbonyl (C=O) groups excluding carboxylic acids is 2. The summed E-state index contributed by atoms with van der Waals surface area (Å²) in [5.74, 6) is -6.57. The molecule has 2 bridgehead atoms. The summed E-state index contributed by atoms with van der Waals surface area (Å²) >= 11 is 0. The van der Waals surface area contributed by atoms with E-state index in [-0.39, 0.29) is 6.61 Å². The average molecular weight is 278 g/mol. The molecule has 2 aliphatic rings. The number of esters is 2. The van der Waals surface area contributed by atoms with Gasteiger partial charge in [0.2, 0.25) is 0 Å². The first-order valence-corrected chi connectivity index (χ1v) is 6.19. The van der Waals surface area contributed by atoms with Crippen LogP contribution in [0.5, 0.6) is 0 Å². The maximum atomic E-state index is 12.7. The van der Waals surface area contributed by atoms with Crippen LogP contribution in [-0.4, -0.2) is 42.3 Å². The molecule has 0 spiro atoms. The summed E-state index contributed by atoms with van der Waals surface area (Å²) in [6, 6.07) is 0. The average Bonchev–Trinajstić information content (AvgIpc) is 2.71. The second-order valence-electron chi connectivity index (χ2n) is 5.25. The molecule has 108 valence electrons. The third kappa shape index (κ3) is 3.02. The first-order chi connectivity index (χ1) is 8.79. The Labute approximate surface area is 108 Å². The van der Waals surface area contributed by atoms with Gasteiger partial charge < -0.3 is 14.6 Å². The lowest BCUT2D eigenvalue weighted by atomic mass is 9.87. The van der Waals surface area contributed by atoms with Crippen LogP contribution in [0.4, 0.5) is 8.78 Å². The van der Waals surface area contributed by atoms with Gasteiger partial charge >= 0.3 is 11.9 Å². The molecule has 2 rings (SSSR count). The van der Waals surface area contributed by atoms with Crippen LogP contribution in [0.2, 0.25) is 0 Å². The molecule has 1 saturated heterocycles. The van der Waals surface area contributed by atoms with Crippen LogP contribution < -0.4 is 0 Å². The van der Waals surface area contributed by atoms with Crippen LogP contribution in [0.3, 0.4) is 0 Å². The number of fused-ring (bicyclic) bond motifs is 2. The van der Waals surface area contributed by atoms with E-state index in [1.54, 1.807) is 0 Å². The summed E-state index contributed by atoms with van der Waals surface area (Å²) in [6.45, 7) is -0.536. The van der Waals surface area contributed by atoms with E-state index in [1.807, 2.05) is 0 Å². The van der Waals surface area contributed by atoms with E-state index < -0.39 is 48.3 Å². The zero-order valence-electron chi connectivity index (χ0n) is 10.5. The smallest absolute Gasteiger partial charge is 0.310 e. The highest BCUT2D eigenvalue weighted by atomic mass is 19.3. The van der Waals surface area contributed by atoms with Crippen molar-refractivity contribution in [2.75, 3.05) is 13.2 Å². The normalized spacial score (nSPS) is 34.6. The summed E-state index contributed by atoms with van der Waals surface area (Å²) in [5.41, 5.74) is 0. The van der Waals surface area contributed by atoms with Gasteiger partial charge in [0.25, 0.3) is 5.92 Å². The summed E-state index contributed by atoms with van der Waals surface area (Å²) < 4.78 is 34.8. The number of ether oxygens (including phenoxy) is 2. The molecule has 0 aromatic heterocycles. The minimum Gasteiger partial charge on any atom is -0.463 e. The summed E-state index contributed by atoms with van der Waals surface area (Å²) in [4.78, 5) is 23.5. The first-order valence-electron chi connectivity index (χ1n) is 6.19. The minimum atomic E-state index is -3.11. The molecule has 0 aromatic carbocycles. The number of alkyl halides is 2. The Morgan fingerprint density at radius 3 is 2.84 bits per heavy atom. The van der Waals surface area contributed by atoms with E-state index in [1.165, 1.54) is 0 Å². The van der Waals surface area contributed by atoms with Crippen molar-refractivity contribution in [1.82, 2.24) is 0 Å². The molecule has 0 amide bonds. The first kappa shape index (κ1) is 14.2. The van der Waals surface area contributed by atoms with Crippen LogP contribution in [0.25, 0.3) is 0 Å². The second-order valence-corrected chi connectivity index (χ2v) is 5.25. The second kappa shape index (κ2) is 5.03. The van der Waals surface area contributed by atoms with E-state index in [4.69, 9.17) is 4.74 Å². The van der Waals surface area contributed by atoms with E-state index in [0.29, 0.717) is 19.8 Å². The van der Waals surface area contributed by atoms with Gasteiger partial charge in [-0.05, 0) is 12.8 Å². The number of aliphatic hydroxyl groups is 1. The van der Waals surface area contributed by atoms with Gasteiger partial charge in [0.1, 0.15) is 6.61 Å². The number of aliphatic hydroxyl groups excluding tert-OH is 1. The van der Waals surface area contributed by atoms with Crippen molar-refractivity contribution in [3.05, 3.63) is 0 Å². The lowest BCUT2D eigenvalue weighted by Gasteiger charge is -2.22. The van der Waals surface area contributed by atoms with Crippen LogP contribution in [0.1, 0.15) is 19.8 Å². The monoisotopic (exact) mass is 278 g/mol. The number of halogens is 2. The predicted octanol–water partition coefficient (Wildman–Crippen LogP) is 0.745. The van der Waals surface area contributed by atoms with Crippen molar-refractivity contribution in [3.8, 4) is 0 Å². The molecule has 1 N–H and O–H groups in total. The van der Waals surface area contributed by atoms with Crippen molar-refractivity contribution in [1.29, 1.82) is 0 Å². The van der Waals surface area contributed by atoms with Gasteiger partial charge in [-0.1, -0.05) is 0 Å². The van der Waals surface area contributed by atoms with E-state index in [2.05, 4.69) is 4.74 Å². The van der Waals surface area contributed by atoms with Crippen molar-refractivity contribution < 1.29 is 33.0 Å². The van der Waals surface area contributed by atoms with Gasteiger partial charge in [-0.25, -0.2) is 8.78 Å². The fourth-order valence-corrected chi connectivity index (χ4v) is 2.76. The van der Waals surface area contributed by atoms with Crippen molar-refractivity contribution in [2.24, 2.45) is 17.8 Å². The molecule has 0 aromatic rings. The highest BCUT2D eigenvalue weighted by Crippen LogP contribution is 2.42. The third-order valence-corrected chi connectivity index (χ3v) is 3.64. The highest BCUT2D eigenvalue weighted by molar-refractivity contribution is 5.83. The van der Waals surface area contributed by atoms with Crippen LogP contribution in [0.15, 0.2) is 0 Å². The molecular formula is C12H16F2O5. The fraction of sp³-hybridized carbons (Fsp3) is 0.833. The Morgan fingerprint density at radius 2 is 2.21 bits per heavy atom. The van der Waals surface area contributed by atoms with E-state index in [9.17, 15) is 23.5 Å². The topological polar surface area (TPSA) is 72.8 Å². The van der Waals surface area contributed by atoms with Gasteiger partial charge in [0.15, 0.2) is 6.61 Å². The molecule has 19 heavy (non-hydrogen) atoms. The summed E-state index contributed by atoms with van der Waals surface area (Å²) in [7, 11) is 0. The van der Waals surface area contributed by atoms with Crippen LogP contribution >= 0.6 is 0 Å². The summed E-state index contributed by atoms with van der Waals surface area (Å²) in [6.07, 6.45) is -0.0531. The Kier molecular flexibility index (Phi) is 3.75. The number of rotatable bonds is 3. The lowest BCUT2D eigenvalue weighted by Crippen LogP contribution is -2.35. The molecule has 1 heterocycles. The molecule has 7 heteroatoms. The van der Waals surface area contributed by atoms with Crippen LogP contribution in [-0.2, 0) is 19.1 Å². The standard InChI is InChI=1S/C12H16F2O5/c1-12(13,14)5-19-11(17)9-6-2-3-7(9)10(16)18-4-8(6)15/h6-9,15H,2-5H2,1H3. The molecule has 1 aliphatic carbocycles. The van der Waals surface area contributed by atoms with Gasteiger partial charge in [0, 0.05) is 12.8 Å². The largest absolute Gasteiger partial charge is 0.463 e. The van der Waals surface area contributed by atoms with Crippen molar-refractivity contribution in [3.63, 3.8) is 0 Å². The maximum absolute atomic E-state index is 12.7. The molecule has 1 aliphatic heterocycles. The third-order valence-electron chi connectivity index (χ3n) is 3.64. The van der Waals surface area contributed by atoms with Crippen molar-refractivity contribution in [2.45, 2.75) is 31.8 Å². The number of hydrogen-bond donors (Lipinski definition) is 1. The zero-order chi connectivity index (χ0) is 14.2. The molecule has 0 radical (unpaired) electrons. The number of hydrogen-bond acceptors (Lipinski definition) is 5. The Balaban J connectivity index is 2.09. The lowest BCUT2D eigenvalue weighted by molar-refractivity contribution is -0.164. The Hall–Kier alpha value is -1.24. The molecule has 4 unspecified atom stereocenters. The quantitative estimate of drug-likeness (QED) is 0.771. The molecule has 4 atom stereocenters.